The zero-order valence-corrected chi connectivity index (χ0v) is 9.72. The molecule has 0 spiro atoms. The van der Waals surface area contributed by atoms with Crippen molar-refractivity contribution in [3.8, 4) is 0 Å². The van der Waals surface area contributed by atoms with Crippen molar-refractivity contribution >= 4 is 28.6 Å². The summed E-state index contributed by atoms with van der Waals surface area (Å²) in [4.78, 5) is 8.17. The molecule has 2 aromatic rings. The van der Waals surface area contributed by atoms with Gasteiger partial charge in [-0.15, -0.1) is 11.3 Å². The van der Waals surface area contributed by atoms with Gasteiger partial charge in [-0.25, -0.2) is 4.98 Å². The second kappa shape index (κ2) is 4.59. The van der Waals surface area contributed by atoms with E-state index in [1.165, 1.54) is 0 Å². The predicted molar refractivity (Wildman–Crippen MR) is 63.4 cm³/mol. The lowest BCUT2D eigenvalue weighted by atomic mass is 10.3. The van der Waals surface area contributed by atoms with Gasteiger partial charge in [0.25, 0.3) is 0 Å². The van der Waals surface area contributed by atoms with Crippen LogP contribution in [0.1, 0.15) is 18.0 Å². The van der Waals surface area contributed by atoms with Crippen LogP contribution in [-0.4, -0.2) is 9.97 Å². The molecule has 0 radical (unpaired) electrons. The number of hydrogen-bond acceptors (Lipinski definition) is 4. The molecule has 0 bridgehead atoms. The molecule has 78 valence electrons. The van der Waals surface area contributed by atoms with Crippen LogP contribution in [-0.2, 0) is 0 Å². The minimum absolute atomic E-state index is 0.157. The first-order valence-corrected chi connectivity index (χ1v) is 5.78. The van der Waals surface area contributed by atoms with Crippen molar-refractivity contribution < 1.29 is 0 Å². The van der Waals surface area contributed by atoms with Crippen LogP contribution in [0.2, 0.25) is 5.02 Å². The third-order valence-electron chi connectivity index (χ3n) is 1.97. The first-order valence-electron chi connectivity index (χ1n) is 4.53. The van der Waals surface area contributed by atoms with Crippen LogP contribution >= 0.6 is 22.9 Å². The van der Waals surface area contributed by atoms with Crippen molar-refractivity contribution in [3.05, 3.63) is 40.1 Å². The van der Waals surface area contributed by atoms with E-state index in [-0.39, 0.29) is 6.04 Å². The molecule has 1 N–H and O–H groups in total. The van der Waals surface area contributed by atoms with Crippen LogP contribution in [0.4, 0.5) is 5.69 Å². The van der Waals surface area contributed by atoms with Gasteiger partial charge < -0.3 is 5.32 Å². The molecule has 15 heavy (non-hydrogen) atoms. The largest absolute Gasteiger partial charge is 0.375 e. The molecule has 0 aliphatic carbocycles. The quantitative estimate of drug-likeness (QED) is 0.893. The average Bonchev–Trinajstić information content (AvgIpc) is 2.74. The van der Waals surface area contributed by atoms with E-state index in [9.17, 15) is 0 Å². The first kappa shape index (κ1) is 10.4. The summed E-state index contributed by atoms with van der Waals surface area (Å²) in [6.07, 6.45) is 5.13. The number of anilines is 1. The Labute approximate surface area is 97.2 Å². The lowest BCUT2D eigenvalue weighted by Crippen LogP contribution is -2.06. The van der Waals surface area contributed by atoms with Crippen LogP contribution in [0.3, 0.4) is 0 Å². The fourth-order valence-corrected chi connectivity index (χ4v) is 2.06. The van der Waals surface area contributed by atoms with E-state index in [0.717, 1.165) is 10.7 Å². The number of aromatic nitrogens is 2. The minimum atomic E-state index is 0.157. The van der Waals surface area contributed by atoms with Gasteiger partial charge in [-0.3, -0.25) is 4.98 Å². The van der Waals surface area contributed by atoms with Crippen molar-refractivity contribution in [3.63, 3.8) is 0 Å². The highest BCUT2D eigenvalue weighted by molar-refractivity contribution is 7.09. The van der Waals surface area contributed by atoms with Crippen molar-refractivity contribution in [1.82, 2.24) is 9.97 Å². The Morgan fingerprint density at radius 1 is 1.47 bits per heavy atom. The van der Waals surface area contributed by atoms with Gasteiger partial charge in [-0.1, -0.05) is 11.6 Å². The summed E-state index contributed by atoms with van der Waals surface area (Å²) in [7, 11) is 0. The van der Waals surface area contributed by atoms with Crippen molar-refractivity contribution in [2.45, 2.75) is 13.0 Å². The highest BCUT2D eigenvalue weighted by Crippen LogP contribution is 2.25. The fraction of sp³-hybridized carbons (Fsp3) is 0.200. The van der Waals surface area contributed by atoms with E-state index in [0.29, 0.717) is 5.02 Å². The lowest BCUT2D eigenvalue weighted by Gasteiger charge is -2.13. The Balaban J connectivity index is 2.13. The van der Waals surface area contributed by atoms with Crippen LogP contribution in [0, 0.1) is 0 Å². The Morgan fingerprint density at radius 2 is 2.33 bits per heavy atom. The Hall–Kier alpha value is -1.13. The number of rotatable bonds is 3. The normalized spacial score (nSPS) is 12.4. The molecule has 0 amide bonds. The molecular weight excluding hydrogens is 230 g/mol. The highest BCUT2D eigenvalue weighted by atomic mass is 35.5. The zero-order valence-electron chi connectivity index (χ0n) is 8.14. The number of nitrogens with one attached hydrogen (secondary N) is 1. The molecule has 0 aliphatic rings. The maximum Gasteiger partial charge on any atom is 0.115 e. The van der Waals surface area contributed by atoms with Crippen LogP contribution < -0.4 is 5.32 Å². The van der Waals surface area contributed by atoms with Gasteiger partial charge in [0.1, 0.15) is 5.01 Å². The Bertz CT molecular complexity index is 430. The molecule has 0 fully saturated rings. The van der Waals surface area contributed by atoms with Crippen molar-refractivity contribution in [1.29, 1.82) is 0 Å². The number of thiazole rings is 1. The monoisotopic (exact) mass is 239 g/mol. The van der Waals surface area contributed by atoms with Crippen molar-refractivity contribution in [2.75, 3.05) is 5.32 Å². The third kappa shape index (κ3) is 2.46. The van der Waals surface area contributed by atoms with Gasteiger partial charge in [0.05, 0.1) is 16.8 Å². The topological polar surface area (TPSA) is 37.8 Å². The number of pyridine rings is 1. The fourth-order valence-electron chi connectivity index (χ4n) is 1.24. The standard InChI is InChI=1S/C10H10ClN3S/c1-7(10-13-4-5-15-10)14-9-2-3-12-6-8(9)11/h2-7H,1H3,(H,12,14). The van der Waals surface area contributed by atoms with Gasteiger partial charge in [0, 0.05) is 24.0 Å². The lowest BCUT2D eigenvalue weighted by molar-refractivity contribution is 0.869. The maximum atomic E-state index is 5.99. The SMILES string of the molecule is CC(Nc1ccncc1Cl)c1nccs1. The molecule has 2 aromatic heterocycles. The zero-order chi connectivity index (χ0) is 10.7. The number of halogens is 1. The molecule has 5 heteroatoms. The molecule has 3 nitrogen and oxygen atoms in total. The molecule has 0 aliphatic heterocycles. The average molecular weight is 240 g/mol. The minimum Gasteiger partial charge on any atom is -0.375 e. The molecule has 1 unspecified atom stereocenters. The predicted octanol–water partition coefficient (Wildman–Crippen LogP) is 3.36. The van der Waals surface area contributed by atoms with E-state index >= 15 is 0 Å². The molecule has 1 atom stereocenters. The number of hydrogen-bond donors (Lipinski definition) is 1. The molecular formula is C10H10ClN3S. The molecule has 0 saturated heterocycles. The Kier molecular flexibility index (Phi) is 3.18. The smallest absolute Gasteiger partial charge is 0.115 e. The Morgan fingerprint density at radius 3 is 3.00 bits per heavy atom. The third-order valence-corrected chi connectivity index (χ3v) is 3.23. The molecule has 0 aromatic carbocycles. The second-order valence-electron chi connectivity index (χ2n) is 3.09. The molecule has 0 saturated carbocycles. The summed E-state index contributed by atoms with van der Waals surface area (Å²) in [6, 6.07) is 2.01. The van der Waals surface area contributed by atoms with Gasteiger partial charge in [-0.05, 0) is 13.0 Å². The van der Waals surface area contributed by atoms with Crippen LogP contribution in [0.15, 0.2) is 30.0 Å². The summed E-state index contributed by atoms with van der Waals surface area (Å²) in [5.41, 5.74) is 0.884. The van der Waals surface area contributed by atoms with E-state index in [1.807, 2.05) is 11.4 Å². The summed E-state index contributed by atoms with van der Waals surface area (Å²) in [5, 5.41) is 6.92. The van der Waals surface area contributed by atoms with E-state index in [1.54, 1.807) is 29.9 Å². The molecule has 2 rings (SSSR count). The summed E-state index contributed by atoms with van der Waals surface area (Å²) in [6.45, 7) is 2.05. The van der Waals surface area contributed by atoms with Gasteiger partial charge in [0.15, 0.2) is 0 Å². The molecule has 2 heterocycles. The van der Waals surface area contributed by atoms with E-state index in [2.05, 4.69) is 22.2 Å². The number of nitrogens with zero attached hydrogens (tertiary/aromatic N) is 2. The summed E-state index contributed by atoms with van der Waals surface area (Å²) in [5.74, 6) is 0. The van der Waals surface area contributed by atoms with Crippen LogP contribution in [0.25, 0.3) is 0 Å². The highest BCUT2D eigenvalue weighted by Gasteiger charge is 2.09. The summed E-state index contributed by atoms with van der Waals surface area (Å²) >= 11 is 7.61. The van der Waals surface area contributed by atoms with Crippen molar-refractivity contribution in [2.24, 2.45) is 0 Å². The second-order valence-corrected chi connectivity index (χ2v) is 4.43. The van der Waals surface area contributed by atoms with Crippen LogP contribution in [0.5, 0.6) is 0 Å². The maximum absolute atomic E-state index is 5.99. The van der Waals surface area contributed by atoms with Gasteiger partial charge in [-0.2, -0.15) is 0 Å². The summed E-state index contributed by atoms with van der Waals surface area (Å²) < 4.78 is 0. The van der Waals surface area contributed by atoms with E-state index in [4.69, 9.17) is 11.6 Å². The van der Waals surface area contributed by atoms with Gasteiger partial charge >= 0.3 is 0 Å². The van der Waals surface area contributed by atoms with Gasteiger partial charge in [0.2, 0.25) is 0 Å². The first-order chi connectivity index (χ1) is 7.27. The van der Waals surface area contributed by atoms with E-state index < -0.39 is 0 Å².